The van der Waals surface area contributed by atoms with Crippen LogP contribution in [0.5, 0.6) is 0 Å². The molecule has 1 aromatic rings. The molecule has 1 heterocycles. The fourth-order valence-corrected chi connectivity index (χ4v) is 2.56. The molecular weight excluding hydrogens is 190 g/mol. The molecule has 1 aromatic heterocycles. The number of fused-ring (bicyclic) bond motifs is 1. The van der Waals surface area contributed by atoms with E-state index >= 15 is 0 Å². The van der Waals surface area contributed by atoms with E-state index in [0.29, 0.717) is 0 Å². The number of nitrogens with zero attached hydrogens (tertiary/aromatic N) is 2. The molecule has 15 heavy (non-hydrogen) atoms. The maximum absolute atomic E-state index is 10.6. The van der Waals surface area contributed by atoms with E-state index in [1.165, 1.54) is 0 Å². The fourth-order valence-electron chi connectivity index (χ4n) is 2.56. The van der Waals surface area contributed by atoms with Crippen LogP contribution in [0.2, 0.25) is 0 Å². The van der Waals surface area contributed by atoms with Crippen LogP contribution in [0.4, 0.5) is 0 Å². The first-order valence-electron chi connectivity index (χ1n) is 5.46. The van der Waals surface area contributed by atoms with Crippen LogP contribution in [-0.2, 0) is 19.1 Å². The van der Waals surface area contributed by atoms with Crippen LogP contribution in [0, 0.1) is 12.8 Å². The minimum absolute atomic E-state index is 0.206. The Balaban J connectivity index is 2.61. The molecule has 2 atom stereocenters. The van der Waals surface area contributed by atoms with Gasteiger partial charge < -0.3 is 10.8 Å². The highest BCUT2D eigenvalue weighted by atomic mass is 16.3. The standard InChI is InChI=1S/C11H19N3O/c1-7-4-5-9-10(11(7,15)6-12)8(2)14(3)13-9/h7,15H,4-6,12H2,1-3H3. The fraction of sp³-hybridized carbons (Fsp3) is 0.727. The zero-order chi connectivity index (χ0) is 11.2. The van der Waals surface area contributed by atoms with Crippen molar-refractivity contribution < 1.29 is 5.11 Å². The molecule has 3 N–H and O–H groups in total. The van der Waals surface area contributed by atoms with E-state index in [1.54, 1.807) is 0 Å². The highest BCUT2D eigenvalue weighted by Crippen LogP contribution is 2.40. The normalized spacial score (nSPS) is 30.3. The van der Waals surface area contributed by atoms with E-state index in [-0.39, 0.29) is 12.5 Å². The predicted octanol–water partition coefficient (Wildman–Crippen LogP) is 0.457. The summed E-state index contributed by atoms with van der Waals surface area (Å²) in [5, 5.41) is 15.0. The molecule has 0 saturated carbocycles. The van der Waals surface area contributed by atoms with Gasteiger partial charge in [0, 0.05) is 24.8 Å². The summed E-state index contributed by atoms with van der Waals surface area (Å²) < 4.78 is 1.84. The van der Waals surface area contributed by atoms with Crippen molar-refractivity contribution in [2.24, 2.45) is 18.7 Å². The Hall–Kier alpha value is -0.870. The molecule has 0 saturated heterocycles. The largest absolute Gasteiger partial charge is 0.383 e. The summed E-state index contributed by atoms with van der Waals surface area (Å²) in [5.74, 6) is 0.206. The molecule has 84 valence electrons. The zero-order valence-electron chi connectivity index (χ0n) is 9.62. The Morgan fingerprint density at radius 1 is 1.67 bits per heavy atom. The molecule has 0 aromatic carbocycles. The predicted molar refractivity (Wildman–Crippen MR) is 58.4 cm³/mol. The van der Waals surface area contributed by atoms with Gasteiger partial charge >= 0.3 is 0 Å². The molecule has 0 bridgehead atoms. The van der Waals surface area contributed by atoms with Crippen LogP contribution < -0.4 is 5.73 Å². The number of nitrogens with two attached hydrogens (primary N) is 1. The molecule has 4 nitrogen and oxygen atoms in total. The molecule has 0 spiro atoms. The maximum Gasteiger partial charge on any atom is 0.108 e. The summed E-state index contributed by atoms with van der Waals surface area (Å²) in [7, 11) is 1.91. The van der Waals surface area contributed by atoms with Crippen molar-refractivity contribution >= 4 is 0 Å². The van der Waals surface area contributed by atoms with E-state index in [0.717, 1.165) is 29.8 Å². The smallest absolute Gasteiger partial charge is 0.108 e. The number of aryl methyl sites for hydroxylation is 2. The summed E-state index contributed by atoms with van der Waals surface area (Å²) in [6.45, 7) is 4.32. The van der Waals surface area contributed by atoms with Crippen molar-refractivity contribution in [3.8, 4) is 0 Å². The number of hydrogen-bond acceptors (Lipinski definition) is 3. The van der Waals surface area contributed by atoms with E-state index in [2.05, 4.69) is 12.0 Å². The number of rotatable bonds is 1. The zero-order valence-corrected chi connectivity index (χ0v) is 9.62. The van der Waals surface area contributed by atoms with Gasteiger partial charge in [-0.05, 0) is 25.7 Å². The molecule has 0 amide bonds. The Morgan fingerprint density at radius 2 is 2.33 bits per heavy atom. The van der Waals surface area contributed by atoms with Gasteiger partial charge in [-0.2, -0.15) is 5.10 Å². The summed E-state index contributed by atoms with van der Waals surface area (Å²) >= 11 is 0. The molecule has 4 heteroatoms. The summed E-state index contributed by atoms with van der Waals surface area (Å²) in [6, 6.07) is 0. The van der Waals surface area contributed by atoms with Gasteiger partial charge in [-0.25, -0.2) is 0 Å². The molecular formula is C11H19N3O. The van der Waals surface area contributed by atoms with Crippen molar-refractivity contribution in [2.75, 3.05) is 6.54 Å². The first kappa shape index (κ1) is 10.6. The lowest BCUT2D eigenvalue weighted by atomic mass is 9.74. The van der Waals surface area contributed by atoms with Gasteiger partial charge in [0.25, 0.3) is 0 Å². The average molecular weight is 209 g/mol. The van der Waals surface area contributed by atoms with Crippen LogP contribution in [0.15, 0.2) is 0 Å². The Kier molecular flexibility index (Phi) is 2.35. The molecule has 0 aliphatic heterocycles. The van der Waals surface area contributed by atoms with Gasteiger partial charge in [0.05, 0.1) is 5.69 Å². The van der Waals surface area contributed by atoms with E-state index < -0.39 is 5.60 Å². The van der Waals surface area contributed by atoms with Crippen molar-refractivity contribution in [3.63, 3.8) is 0 Å². The molecule has 1 aliphatic rings. The van der Waals surface area contributed by atoms with Gasteiger partial charge in [-0.1, -0.05) is 6.92 Å². The van der Waals surface area contributed by atoms with Crippen molar-refractivity contribution in [3.05, 3.63) is 17.0 Å². The monoisotopic (exact) mass is 209 g/mol. The summed E-state index contributed by atoms with van der Waals surface area (Å²) in [6.07, 6.45) is 1.90. The Morgan fingerprint density at radius 3 is 2.93 bits per heavy atom. The van der Waals surface area contributed by atoms with Crippen molar-refractivity contribution in [1.82, 2.24) is 9.78 Å². The topological polar surface area (TPSA) is 64.1 Å². The minimum Gasteiger partial charge on any atom is -0.383 e. The summed E-state index contributed by atoms with van der Waals surface area (Å²) in [5.41, 5.74) is 7.86. The Bertz CT molecular complexity index is 385. The van der Waals surface area contributed by atoms with Crippen LogP contribution in [0.3, 0.4) is 0 Å². The van der Waals surface area contributed by atoms with E-state index in [4.69, 9.17) is 5.73 Å². The highest BCUT2D eigenvalue weighted by Gasteiger charge is 2.42. The lowest BCUT2D eigenvalue weighted by Crippen LogP contribution is -2.44. The molecule has 2 rings (SSSR count). The second-order valence-corrected chi connectivity index (χ2v) is 4.60. The second kappa shape index (κ2) is 3.32. The molecule has 0 radical (unpaired) electrons. The number of hydrogen-bond donors (Lipinski definition) is 2. The van der Waals surface area contributed by atoms with Gasteiger partial charge in [0.2, 0.25) is 0 Å². The third-order valence-electron chi connectivity index (χ3n) is 3.78. The molecule has 2 unspecified atom stereocenters. The van der Waals surface area contributed by atoms with E-state index in [1.807, 2.05) is 18.7 Å². The lowest BCUT2D eigenvalue weighted by molar-refractivity contribution is -0.0197. The first-order valence-corrected chi connectivity index (χ1v) is 5.46. The van der Waals surface area contributed by atoms with Crippen LogP contribution >= 0.6 is 0 Å². The second-order valence-electron chi connectivity index (χ2n) is 4.60. The van der Waals surface area contributed by atoms with Gasteiger partial charge in [-0.15, -0.1) is 0 Å². The van der Waals surface area contributed by atoms with Crippen molar-refractivity contribution in [2.45, 2.75) is 32.3 Å². The van der Waals surface area contributed by atoms with E-state index in [9.17, 15) is 5.11 Å². The van der Waals surface area contributed by atoms with Crippen molar-refractivity contribution in [1.29, 1.82) is 0 Å². The van der Waals surface area contributed by atoms with Gasteiger partial charge in [-0.3, -0.25) is 4.68 Å². The van der Waals surface area contributed by atoms with Gasteiger partial charge in [0.1, 0.15) is 5.60 Å². The van der Waals surface area contributed by atoms with Crippen LogP contribution in [0.1, 0.15) is 30.3 Å². The van der Waals surface area contributed by atoms with Crippen LogP contribution in [-0.4, -0.2) is 21.4 Å². The first-order chi connectivity index (χ1) is 7.00. The minimum atomic E-state index is -0.883. The van der Waals surface area contributed by atoms with Gasteiger partial charge in [0.15, 0.2) is 0 Å². The average Bonchev–Trinajstić information content (AvgIpc) is 2.50. The SMILES string of the molecule is Cc1c2c(nn1C)CCC(C)C2(O)CN. The lowest BCUT2D eigenvalue weighted by Gasteiger charge is -2.37. The molecule has 0 fully saturated rings. The third kappa shape index (κ3) is 1.32. The highest BCUT2D eigenvalue weighted by molar-refractivity contribution is 5.35. The quantitative estimate of drug-likeness (QED) is 0.706. The number of aliphatic hydroxyl groups is 1. The summed E-state index contributed by atoms with van der Waals surface area (Å²) in [4.78, 5) is 0. The number of aromatic nitrogens is 2. The molecule has 1 aliphatic carbocycles. The third-order valence-corrected chi connectivity index (χ3v) is 3.78. The van der Waals surface area contributed by atoms with Crippen LogP contribution in [0.25, 0.3) is 0 Å². The maximum atomic E-state index is 10.6. The Labute approximate surface area is 90.1 Å².